The van der Waals surface area contributed by atoms with Gasteiger partial charge in [0.25, 0.3) is 0 Å². The molecule has 0 spiro atoms. The van der Waals surface area contributed by atoms with Crippen molar-refractivity contribution in [3.63, 3.8) is 0 Å². The van der Waals surface area contributed by atoms with Gasteiger partial charge in [-0.15, -0.1) is 0 Å². The molecule has 192 valence electrons. The highest BCUT2D eigenvalue weighted by molar-refractivity contribution is 6.31. The van der Waals surface area contributed by atoms with Gasteiger partial charge in [0.1, 0.15) is 11.9 Å². The summed E-state index contributed by atoms with van der Waals surface area (Å²) in [6.07, 6.45) is 11.4. The van der Waals surface area contributed by atoms with E-state index in [0.717, 1.165) is 76.9 Å². The van der Waals surface area contributed by atoms with Crippen molar-refractivity contribution in [1.29, 1.82) is 5.26 Å². The number of aromatic nitrogens is 4. The van der Waals surface area contributed by atoms with E-state index in [4.69, 9.17) is 11.6 Å². The van der Waals surface area contributed by atoms with E-state index in [9.17, 15) is 5.26 Å². The van der Waals surface area contributed by atoms with E-state index in [-0.39, 0.29) is 0 Å². The Hall–Kier alpha value is -4.19. The maximum Gasteiger partial charge on any atom is 0.127 e. The molecule has 1 aromatic carbocycles. The number of halogens is 1. The minimum Gasteiger partial charge on any atom is -0.354 e. The van der Waals surface area contributed by atoms with Crippen LogP contribution in [-0.4, -0.2) is 62.1 Å². The normalized spacial score (nSPS) is 15.2. The van der Waals surface area contributed by atoms with Crippen LogP contribution in [0.5, 0.6) is 0 Å². The Morgan fingerprint density at radius 3 is 2.58 bits per heavy atom. The van der Waals surface area contributed by atoms with Crippen LogP contribution in [0.25, 0.3) is 22.2 Å². The summed E-state index contributed by atoms with van der Waals surface area (Å²) >= 11 is 6.36. The Morgan fingerprint density at radius 2 is 1.89 bits per heavy atom. The first kappa shape index (κ1) is 25.5. The number of pyridine rings is 1. The zero-order valence-electron chi connectivity index (χ0n) is 21.5. The zero-order valence-corrected chi connectivity index (χ0v) is 22.3. The smallest absolute Gasteiger partial charge is 0.127 e. The number of nitrogens with zero attached hydrogens (tertiary/aromatic N) is 8. The molecule has 0 aliphatic carbocycles. The van der Waals surface area contributed by atoms with Crippen LogP contribution in [0.1, 0.15) is 23.6 Å². The lowest BCUT2D eigenvalue weighted by atomic mass is 10.0. The number of hydrogen-bond donors (Lipinski definition) is 0. The molecule has 8 nitrogen and oxygen atoms in total. The van der Waals surface area contributed by atoms with E-state index in [1.54, 1.807) is 15.4 Å². The Kier molecular flexibility index (Phi) is 7.40. The van der Waals surface area contributed by atoms with Gasteiger partial charge in [0.15, 0.2) is 0 Å². The van der Waals surface area contributed by atoms with Crippen LogP contribution in [-0.2, 0) is 13.6 Å². The molecule has 0 saturated carbocycles. The first-order chi connectivity index (χ1) is 18.5. The van der Waals surface area contributed by atoms with Crippen LogP contribution in [0.3, 0.4) is 0 Å². The Bertz CT molecular complexity index is 1580. The lowest BCUT2D eigenvalue weighted by Gasteiger charge is -2.36. The van der Waals surface area contributed by atoms with E-state index >= 15 is 0 Å². The van der Waals surface area contributed by atoms with Crippen LogP contribution in [0, 0.1) is 11.3 Å². The molecule has 38 heavy (non-hydrogen) atoms. The average molecular weight is 525 g/mol. The lowest BCUT2D eigenvalue weighted by molar-refractivity contribution is 0.152. The van der Waals surface area contributed by atoms with Crippen molar-refractivity contribution >= 4 is 29.4 Å². The molecule has 0 atom stereocenters. The Balaban J connectivity index is 1.38. The molecule has 1 saturated heterocycles. The zero-order chi connectivity index (χ0) is 26.6. The molecule has 0 bridgehead atoms. The lowest BCUT2D eigenvalue weighted by Crippen LogP contribution is -2.45. The third kappa shape index (κ3) is 5.25. The first-order valence-corrected chi connectivity index (χ1v) is 12.8. The quantitative estimate of drug-likeness (QED) is 0.250. The summed E-state index contributed by atoms with van der Waals surface area (Å²) in [4.78, 5) is 8.98. The fraction of sp³-hybridized carbons (Fsp3) is 0.241. The topological polar surface area (TPSA) is 77.8 Å². The number of allylic oxidation sites excluding steroid dienone is 3. The maximum absolute atomic E-state index is 9.69. The van der Waals surface area contributed by atoms with Gasteiger partial charge in [-0.3, -0.25) is 9.58 Å². The average Bonchev–Trinajstić information content (AvgIpc) is 3.56. The molecule has 9 heteroatoms. The second-order valence-corrected chi connectivity index (χ2v) is 9.80. The monoisotopic (exact) mass is 524 g/mol. The molecular weight excluding hydrogens is 496 g/mol. The number of rotatable bonds is 7. The van der Waals surface area contributed by atoms with Crippen LogP contribution in [0.15, 0.2) is 78.1 Å². The summed E-state index contributed by atoms with van der Waals surface area (Å²) in [7, 11) is 1.89. The predicted molar refractivity (Wildman–Crippen MR) is 152 cm³/mol. The molecule has 0 radical (unpaired) electrons. The number of aryl methyl sites for hydroxylation is 1. The SMILES string of the molecule is C=N/C(=C\C=C(/C)c1cc(-c2cnn(C)c2)cn2ncc(C#N)c12)N1CCN(Cc2ccccc2Cl)CC1. The highest BCUT2D eigenvalue weighted by Crippen LogP contribution is 2.29. The van der Waals surface area contributed by atoms with Crippen LogP contribution in [0.2, 0.25) is 5.02 Å². The molecular formula is C29H29ClN8. The van der Waals surface area contributed by atoms with Gasteiger partial charge < -0.3 is 4.90 Å². The number of hydrogen-bond acceptors (Lipinski definition) is 6. The van der Waals surface area contributed by atoms with E-state index in [1.165, 1.54) is 0 Å². The molecule has 4 heterocycles. The van der Waals surface area contributed by atoms with E-state index in [2.05, 4.69) is 49.9 Å². The van der Waals surface area contributed by atoms with Crippen molar-refractivity contribution < 1.29 is 0 Å². The summed E-state index contributed by atoms with van der Waals surface area (Å²) in [5.74, 6) is 0.829. The number of aliphatic imine (C=N–C) groups is 1. The van der Waals surface area contributed by atoms with Crippen molar-refractivity contribution in [1.82, 2.24) is 29.2 Å². The van der Waals surface area contributed by atoms with E-state index < -0.39 is 0 Å². The summed E-state index contributed by atoms with van der Waals surface area (Å²) < 4.78 is 3.53. The molecule has 1 aliphatic rings. The summed E-state index contributed by atoms with van der Waals surface area (Å²) in [5, 5.41) is 19.2. The third-order valence-corrected chi connectivity index (χ3v) is 7.26. The minimum atomic E-state index is 0.533. The van der Waals surface area contributed by atoms with E-state index in [1.807, 2.05) is 62.9 Å². The molecule has 4 aromatic rings. The van der Waals surface area contributed by atoms with Crippen molar-refractivity contribution in [3.05, 3.63) is 94.8 Å². The van der Waals surface area contributed by atoms with Gasteiger partial charge in [0.05, 0.1) is 23.5 Å². The number of benzene rings is 1. The first-order valence-electron chi connectivity index (χ1n) is 12.4. The van der Waals surface area contributed by atoms with Gasteiger partial charge in [-0.1, -0.05) is 35.9 Å². The molecule has 3 aromatic heterocycles. The van der Waals surface area contributed by atoms with Gasteiger partial charge in [-0.05, 0) is 43.0 Å². The molecule has 5 rings (SSSR count). The standard InChI is InChI=1S/C29H29ClN8/c1-21(26-14-23(25-17-33-35(3)18-25)20-38-29(26)24(15-31)16-34-38)8-9-28(32-2)37-12-10-36(11-13-37)19-22-6-4-5-7-27(22)30/h4-9,14,16-18,20H,2,10-13,19H2,1,3H3/b21-8+,28-9+. The number of nitriles is 1. The van der Waals surface area contributed by atoms with Gasteiger partial charge in [0, 0.05) is 73.9 Å². The molecule has 0 unspecified atom stereocenters. The van der Waals surface area contributed by atoms with Crippen molar-refractivity contribution in [2.45, 2.75) is 13.5 Å². The van der Waals surface area contributed by atoms with Gasteiger partial charge >= 0.3 is 0 Å². The summed E-state index contributed by atoms with van der Waals surface area (Å²) in [6, 6.07) is 12.4. The summed E-state index contributed by atoms with van der Waals surface area (Å²) in [6.45, 7) is 10.2. The molecule has 1 aliphatic heterocycles. The fourth-order valence-electron chi connectivity index (χ4n) is 4.78. The molecule has 1 fully saturated rings. The fourth-order valence-corrected chi connectivity index (χ4v) is 4.98. The second kappa shape index (κ2) is 11.1. The largest absolute Gasteiger partial charge is 0.354 e. The van der Waals surface area contributed by atoms with Gasteiger partial charge in [-0.25, -0.2) is 9.51 Å². The highest BCUT2D eigenvalue weighted by Gasteiger charge is 2.19. The third-order valence-electron chi connectivity index (χ3n) is 6.89. The summed E-state index contributed by atoms with van der Waals surface area (Å²) in [5.41, 5.74) is 6.35. The Labute approximate surface area is 227 Å². The van der Waals surface area contributed by atoms with E-state index in [0.29, 0.717) is 5.56 Å². The van der Waals surface area contributed by atoms with Crippen LogP contribution >= 0.6 is 11.6 Å². The van der Waals surface area contributed by atoms with Crippen LogP contribution in [0.4, 0.5) is 0 Å². The van der Waals surface area contributed by atoms with Gasteiger partial charge in [-0.2, -0.15) is 15.5 Å². The van der Waals surface area contributed by atoms with Crippen molar-refractivity contribution in [2.24, 2.45) is 12.0 Å². The van der Waals surface area contributed by atoms with Crippen molar-refractivity contribution in [3.8, 4) is 17.2 Å². The van der Waals surface area contributed by atoms with Crippen molar-refractivity contribution in [2.75, 3.05) is 26.2 Å². The highest BCUT2D eigenvalue weighted by atomic mass is 35.5. The Morgan fingerprint density at radius 1 is 1.11 bits per heavy atom. The minimum absolute atomic E-state index is 0.533. The second-order valence-electron chi connectivity index (χ2n) is 9.40. The maximum atomic E-state index is 9.69. The van der Waals surface area contributed by atoms with Gasteiger partial charge in [0.2, 0.25) is 0 Å². The number of fused-ring (bicyclic) bond motifs is 1. The van der Waals surface area contributed by atoms with Crippen LogP contribution < -0.4 is 0 Å². The predicted octanol–water partition coefficient (Wildman–Crippen LogP) is 5.02. The molecule has 0 N–H and O–H groups in total. The molecule has 0 amide bonds. The number of piperazine rings is 1.